The van der Waals surface area contributed by atoms with Crippen LogP contribution in [0, 0.1) is 17.8 Å². The molecule has 0 aromatic heterocycles. The molecule has 2 fully saturated rings. The van der Waals surface area contributed by atoms with Crippen molar-refractivity contribution < 1.29 is 9.90 Å². The highest BCUT2D eigenvalue weighted by Gasteiger charge is 2.54. The third-order valence-corrected chi connectivity index (χ3v) is 3.91. The van der Waals surface area contributed by atoms with Gasteiger partial charge in [0, 0.05) is 18.6 Å². The molecule has 2 saturated carbocycles. The first-order valence-corrected chi connectivity index (χ1v) is 6.15. The monoisotopic (exact) mass is 211 g/mol. The lowest BCUT2D eigenvalue weighted by atomic mass is 10.0. The van der Waals surface area contributed by atoms with E-state index in [2.05, 4.69) is 5.32 Å². The topological polar surface area (TPSA) is 49.3 Å². The summed E-state index contributed by atoms with van der Waals surface area (Å²) in [4.78, 5) is 11.9. The minimum Gasteiger partial charge on any atom is -0.396 e. The van der Waals surface area contributed by atoms with E-state index < -0.39 is 0 Å². The van der Waals surface area contributed by atoms with Crippen molar-refractivity contribution in [3.63, 3.8) is 0 Å². The Morgan fingerprint density at radius 3 is 2.53 bits per heavy atom. The first kappa shape index (κ1) is 10.9. The van der Waals surface area contributed by atoms with Gasteiger partial charge in [-0.25, -0.2) is 0 Å². The molecule has 0 aromatic carbocycles. The molecule has 2 aliphatic rings. The number of nitrogens with one attached hydrogen (secondary N) is 1. The summed E-state index contributed by atoms with van der Waals surface area (Å²) in [6.45, 7) is 2.11. The Morgan fingerprint density at radius 1 is 1.40 bits per heavy atom. The number of hydrogen-bond acceptors (Lipinski definition) is 2. The first-order chi connectivity index (χ1) is 7.24. The zero-order valence-electron chi connectivity index (χ0n) is 9.41. The Hall–Kier alpha value is -0.570. The summed E-state index contributed by atoms with van der Waals surface area (Å²) in [5.41, 5.74) is 0. The number of carbonyl (C=O) groups is 1. The van der Waals surface area contributed by atoms with E-state index in [1.807, 2.05) is 6.92 Å². The molecule has 0 spiro atoms. The van der Waals surface area contributed by atoms with Crippen LogP contribution in [-0.4, -0.2) is 23.7 Å². The van der Waals surface area contributed by atoms with Crippen molar-refractivity contribution in [2.45, 2.75) is 45.1 Å². The summed E-state index contributed by atoms with van der Waals surface area (Å²) in [7, 11) is 0. The Balaban J connectivity index is 1.77. The molecule has 0 aromatic rings. The van der Waals surface area contributed by atoms with E-state index in [0.717, 1.165) is 0 Å². The highest BCUT2D eigenvalue weighted by Crippen LogP contribution is 2.55. The van der Waals surface area contributed by atoms with Crippen LogP contribution in [0.3, 0.4) is 0 Å². The molecule has 3 unspecified atom stereocenters. The van der Waals surface area contributed by atoms with Crippen LogP contribution in [0.25, 0.3) is 0 Å². The minimum absolute atomic E-state index is 0.116. The van der Waals surface area contributed by atoms with Gasteiger partial charge < -0.3 is 10.4 Å². The maximum Gasteiger partial charge on any atom is 0.223 e. The quantitative estimate of drug-likeness (QED) is 0.736. The van der Waals surface area contributed by atoms with E-state index in [4.69, 9.17) is 5.11 Å². The van der Waals surface area contributed by atoms with Gasteiger partial charge in [-0.1, -0.05) is 12.8 Å². The lowest BCUT2D eigenvalue weighted by Gasteiger charge is -2.12. The molecule has 0 aliphatic heterocycles. The molecule has 2 N–H and O–H groups in total. The Kier molecular flexibility index (Phi) is 3.29. The molecular weight excluding hydrogens is 190 g/mol. The van der Waals surface area contributed by atoms with Gasteiger partial charge in [0.05, 0.1) is 0 Å². The molecule has 2 aliphatic carbocycles. The average molecular weight is 211 g/mol. The molecule has 3 heteroatoms. The van der Waals surface area contributed by atoms with E-state index >= 15 is 0 Å². The Labute approximate surface area is 91.2 Å². The van der Waals surface area contributed by atoms with Crippen LogP contribution in [0.2, 0.25) is 0 Å². The second kappa shape index (κ2) is 4.52. The van der Waals surface area contributed by atoms with Gasteiger partial charge in [0.25, 0.3) is 0 Å². The highest BCUT2D eigenvalue weighted by molar-refractivity contribution is 5.82. The summed E-state index contributed by atoms with van der Waals surface area (Å²) >= 11 is 0. The molecule has 0 bridgehead atoms. The highest BCUT2D eigenvalue weighted by atomic mass is 16.3. The molecule has 0 saturated heterocycles. The molecule has 0 heterocycles. The predicted octanol–water partition coefficient (Wildman–Crippen LogP) is 1.31. The van der Waals surface area contributed by atoms with Gasteiger partial charge >= 0.3 is 0 Å². The van der Waals surface area contributed by atoms with Crippen molar-refractivity contribution in [2.24, 2.45) is 17.8 Å². The van der Waals surface area contributed by atoms with Gasteiger partial charge in [-0.3, -0.25) is 4.79 Å². The Bertz CT molecular complexity index is 230. The van der Waals surface area contributed by atoms with E-state index in [0.29, 0.717) is 24.2 Å². The summed E-state index contributed by atoms with van der Waals surface area (Å²) in [5, 5.41) is 11.8. The molecular formula is C12H21NO2. The van der Waals surface area contributed by atoms with Crippen molar-refractivity contribution in [1.82, 2.24) is 5.32 Å². The van der Waals surface area contributed by atoms with E-state index in [9.17, 15) is 4.79 Å². The van der Waals surface area contributed by atoms with E-state index in [1.54, 1.807) is 0 Å². The smallest absolute Gasteiger partial charge is 0.223 e. The van der Waals surface area contributed by atoms with Crippen LogP contribution in [0.5, 0.6) is 0 Å². The standard InChI is InChI=1S/C12H21NO2/c1-8(6-7-14)13-12(15)11-9-4-2-3-5-10(9)11/h8-11,14H,2-7H2,1H3,(H,13,15). The van der Waals surface area contributed by atoms with Crippen molar-refractivity contribution in [1.29, 1.82) is 0 Å². The fourth-order valence-corrected chi connectivity index (χ4v) is 2.99. The lowest BCUT2D eigenvalue weighted by molar-refractivity contribution is -0.123. The predicted molar refractivity (Wildman–Crippen MR) is 58.2 cm³/mol. The molecule has 1 amide bonds. The molecule has 15 heavy (non-hydrogen) atoms. The number of rotatable bonds is 4. The SMILES string of the molecule is CC(CCO)NC(=O)C1C2CCCCC21. The number of amides is 1. The van der Waals surface area contributed by atoms with Crippen LogP contribution in [0.4, 0.5) is 0 Å². The van der Waals surface area contributed by atoms with Gasteiger partial charge in [-0.2, -0.15) is 0 Å². The van der Waals surface area contributed by atoms with Gasteiger partial charge in [0.2, 0.25) is 5.91 Å². The fourth-order valence-electron chi connectivity index (χ4n) is 2.99. The summed E-state index contributed by atoms with van der Waals surface area (Å²) < 4.78 is 0. The van der Waals surface area contributed by atoms with Gasteiger partial charge in [-0.15, -0.1) is 0 Å². The Morgan fingerprint density at radius 2 is 2.00 bits per heavy atom. The fraction of sp³-hybridized carbons (Fsp3) is 0.917. The number of hydrogen-bond donors (Lipinski definition) is 2. The molecule has 3 nitrogen and oxygen atoms in total. The number of aliphatic hydroxyl groups excluding tert-OH is 1. The second-order valence-corrected chi connectivity index (χ2v) is 5.06. The second-order valence-electron chi connectivity index (χ2n) is 5.06. The average Bonchev–Trinajstić information content (AvgIpc) is 2.91. The van der Waals surface area contributed by atoms with Crippen LogP contribution in [-0.2, 0) is 4.79 Å². The van der Waals surface area contributed by atoms with E-state index in [-0.39, 0.29) is 18.6 Å². The lowest BCUT2D eigenvalue weighted by Crippen LogP contribution is -2.34. The first-order valence-electron chi connectivity index (χ1n) is 6.15. The number of aliphatic hydroxyl groups is 1. The molecule has 0 radical (unpaired) electrons. The number of fused-ring (bicyclic) bond motifs is 1. The summed E-state index contributed by atoms with van der Waals surface area (Å²) in [6, 6.07) is 0.116. The normalized spacial score (nSPS) is 35.5. The van der Waals surface area contributed by atoms with Crippen molar-refractivity contribution in [3.8, 4) is 0 Å². The third kappa shape index (κ3) is 2.33. The minimum atomic E-state index is 0.116. The molecule has 3 atom stereocenters. The third-order valence-electron chi connectivity index (χ3n) is 3.91. The van der Waals surface area contributed by atoms with Crippen LogP contribution < -0.4 is 5.32 Å². The van der Waals surface area contributed by atoms with Crippen LogP contribution >= 0.6 is 0 Å². The number of carbonyl (C=O) groups excluding carboxylic acids is 1. The van der Waals surface area contributed by atoms with Crippen molar-refractivity contribution >= 4 is 5.91 Å². The molecule has 86 valence electrons. The van der Waals surface area contributed by atoms with Crippen molar-refractivity contribution in [3.05, 3.63) is 0 Å². The maximum absolute atomic E-state index is 11.9. The largest absolute Gasteiger partial charge is 0.396 e. The van der Waals surface area contributed by atoms with Gasteiger partial charge in [-0.05, 0) is 38.0 Å². The zero-order chi connectivity index (χ0) is 10.8. The summed E-state index contributed by atoms with van der Waals surface area (Å²) in [5.74, 6) is 1.89. The van der Waals surface area contributed by atoms with Gasteiger partial charge in [0.1, 0.15) is 0 Å². The summed E-state index contributed by atoms with van der Waals surface area (Å²) in [6.07, 6.45) is 5.76. The zero-order valence-corrected chi connectivity index (χ0v) is 9.41. The van der Waals surface area contributed by atoms with Gasteiger partial charge in [0.15, 0.2) is 0 Å². The van der Waals surface area contributed by atoms with Crippen LogP contribution in [0.15, 0.2) is 0 Å². The van der Waals surface area contributed by atoms with Crippen molar-refractivity contribution in [2.75, 3.05) is 6.61 Å². The molecule has 2 rings (SSSR count). The van der Waals surface area contributed by atoms with E-state index in [1.165, 1.54) is 25.7 Å². The maximum atomic E-state index is 11.9. The van der Waals surface area contributed by atoms with Crippen LogP contribution in [0.1, 0.15) is 39.0 Å².